The quantitative estimate of drug-likeness (QED) is 0.822. The summed E-state index contributed by atoms with van der Waals surface area (Å²) in [5.41, 5.74) is 2.28. The highest BCUT2D eigenvalue weighted by Crippen LogP contribution is 2.28. The molecule has 0 bridgehead atoms. The van der Waals surface area contributed by atoms with Gasteiger partial charge >= 0.3 is 5.97 Å². The first-order valence-electron chi connectivity index (χ1n) is 4.96. The normalized spacial score (nSPS) is 10.2. The van der Waals surface area contributed by atoms with Gasteiger partial charge < -0.3 is 5.11 Å². The van der Waals surface area contributed by atoms with Crippen LogP contribution < -0.4 is 5.46 Å². The predicted octanol–water partition coefficient (Wildman–Crippen LogP) is 2.50. The van der Waals surface area contributed by atoms with Gasteiger partial charge in [-0.2, -0.15) is 0 Å². The summed E-state index contributed by atoms with van der Waals surface area (Å²) in [5, 5.41) is 9.43. The topological polar surface area (TPSA) is 37.3 Å². The first-order chi connectivity index (χ1) is 8.08. The third-order valence-electron chi connectivity index (χ3n) is 2.41. The first-order valence-corrected chi connectivity index (χ1v) is 5.34. The van der Waals surface area contributed by atoms with Gasteiger partial charge in [0.2, 0.25) is 0 Å². The molecule has 2 rings (SSSR count). The van der Waals surface area contributed by atoms with E-state index in [1.54, 1.807) is 30.3 Å². The third-order valence-corrected chi connectivity index (χ3v) is 2.74. The van der Waals surface area contributed by atoms with E-state index in [0.29, 0.717) is 16.0 Å². The molecular weight excluding hydrogens is 234 g/mol. The van der Waals surface area contributed by atoms with Crippen LogP contribution in [0.15, 0.2) is 42.5 Å². The van der Waals surface area contributed by atoms with Crippen LogP contribution in [-0.2, 0) is 0 Å². The lowest BCUT2D eigenvalue weighted by Crippen LogP contribution is -2.01. The van der Waals surface area contributed by atoms with Crippen LogP contribution in [0.5, 0.6) is 0 Å². The van der Waals surface area contributed by atoms with Crippen LogP contribution in [0.4, 0.5) is 0 Å². The zero-order chi connectivity index (χ0) is 12.4. The zero-order valence-electron chi connectivity index (χ0n) is 8.85. The molecule has 1 N–H and O–H groups in total. The lowest BCUT2D eigenvalue weighted by atomic mass is 9.92. The molecule has 0 saturated carbocycles. The van der Waals surface area contributed by atoms with Gasteiger partial charge in [0.1, 0.15) is 7.85 Å². The molecule has 2 aromatic rings. The zero-order valence-corrected chi connectivity index (χ0v) is 9.61. The average molecular weight is 242 g/mol. The summed E-state index contributed by atoms with van der Waals surface area (Å²) in [6.45, 7) is 0. The van der Waals surface area contributed by atoms with Crippen molar-refractivity contribution in [1.82, 2.24) is 0 Å². The molecule has 0 spiro atoms. The van der Waals surface area contributed by atoms with Crippen molar-refractivity contribution in [3.8, 4) is 11.1 Å². The van der Waals surface area contributed by atoms with Crippen molar-refractivity contribution in [2.75, 3.05) is 0 Å². The molecule has 2 radical (unpaired) electrons. The average Bonchev–Trinajstić information content (AvgIpc) is 2.29. The fourth-order valence-corrected chi connectivity index (χ4v) is 1.81. The van der Waals surface area contributed by atoms with E-state index in [1.807, 2.05) is 6.07 Å². The van der Waals surface area contributed by atoms with E-state index >= 15 is 0 Å². The summed E-state index contributed by atoms with van der Waals surface area (Å²) in [5.74, 6) is -0.980. The van der Waals surface area contributed by atoms with Gasteiger partial charge in [-0.1, -0.05) is 41.3 Å². The maximum atomic E-state index is 10.9. The number of benzene rings is 2. The maximum absolute atomic E-state index is 10.9. The Morgan fingerprint density at radius 1 is 1.18 bits per heavy atom. The molecule has 0 aliphatic heterocycles. The van der Waals surface area contributed by atoms with Crippen molar-refractivity contribution < 1.29 is 9.90 Å². The van der Waals surface area contributed by atoms with Gasteiger partial charge in [0.15, 0.2) is 0 Å². The lowest BCUT2D eigenvalue weighted by molar-refractivity contribution is 0.0697. The fourth-order valence-electron chi connectivity index (χ4n) is 1.59. The Labute approximate surface area is 105 Å². The molecule has 2 nitrogen and oxygen atoms in total. The fraction of sp³-hybridized carbons (Fsp3) is 0. The molecule has 0 unspecified atom stereocenters. The largest absolute Gasteiger partial charge is 0.478 e. The highest BCUT2D eigenvalue weighted by atomic mass is 35.5. The van der Waals surface area contributed by atoms with Crippen molar-refractivity contribution in [2.45, 2.75) is 0 Å². The minimum Gasteiger partial charge on any atom is -0.478 e. The summed E-state index contributed by atoms with van der Waals surface area (Å²) in [4.78, 5) is 10.9. The number of hydrogen-bond acceptors (Lipinski definition) is 1. The molecule has 0 aliphatic rings. The minimum atomic E-state index is -0.980. The van der Waals surface area contributed by atoms with E-state index in [9.17, 15) is 4.79 Å². The summed E-state index contributed by atoms with van der Waals surface area (Å²) < 4.78 is 0. The molecule has 82 valence electrons. The minimum absolute atomic E-state index is 0.201. The van der Waals surface area contributed by atoms with Gasteiger partial charge in [0.25, 0.3) is 0 Å². The van der Waals surface area contributed by atoms with Crippen molar-refractivity contribution in [3.05, 3.63) is 53.1 Å². The standard InChI is InChI=1S/C13H8BClO2/c14-10-3-1-2-8(6-10)11-7-9(13(16)17)4-5-12(11)15/h1-7H,(H,16,17). The van der Waals surface area contributed by atoms with Gasteiger partial charge in [0.05, 0.1) is 5.56 Å². The number of hydrogen-bond donors (Lipinski definition) is 1. The third kappa shape index (κ3) is 2.51. The van der Waals surface area contributed by atoms with Crippen molar-refractivity contribution in [1.29, 1.82) is 0 Å². The van der Waals surface area contributed by atoms with E-state index in [0.717, 1.165) is 5.56 Å². The number of carboxylic acids is 1. The van der Waals surface area contributed by atoms with Crippen molar-refractivity contribution in [3.63, 3.8) is 0 Å². The number of rotatable bonds is 2. The smallest absolute Gasteiger partial charge is 0.335 e. The number of carboxylic acid groups (broad SMARTS) is 1. The van der Waals surface area contributed by atoms with Crippen LogP contribution >= 0.6 is 11.6 Å². The van der Waals surface area contributed by atoms with E-state index in [1.165, 1.54) is 6.07 Å². The van der Waals surface area contributed by atoms with Gasteiger partial charge in [-0.15, -0.1) is 0 Å². The molecule has 0 heterocycles. The monoisotopic (exact) mass is 242 g/mol. The highest BCUT2D eigenvalue weighted by molar-refractivity contribution is 6.34. The van der Waals surface area contributed by atoms with Crippen LogP contribution in [0.25, 0.3) is 11.1 Å². The Morgan fingerprint density at radius 3 is 2.59 bits per heavy atom. The SMILES string of the molecule is [B]c1cccc(-c2cc(C(=O)O)ccc2Cl)c1. The first kappa shape index (κ1) is 11.7. The predicted molar refractivity (Wildman–Crippen MR) is 69.2 cm³/mol. The molecule has 0 atom stereocenters. The molecule has 4 heteroatoms. The second-order valence-corrected chi connectivity index (χ2v) is 4.03. The summed E-state index contributed by atoms with van der Waals surface area (Å²) in [7, 11) is 5.68. The maximum Gasteiger partial charge on any atom is 0.335 e. The van der Waals surface area contributed by atoms with Crippen LogP contribution in [0.3, 0.4) is 0 Å². The summed E-state index contributed by atoms with van der Waals surface area (Å²) in [6.07, 6.45) is 0. The molecule has 17 heavy (non-hydrogen) atoms. The second kappa shape index (κ2) is 4.64. The van der Waals surface area contributed by atoms with Crippen LogP contribution in [0, 0.1) is 0 Å². The highest BCUT2D eigenvalue weighted by Gasteiger charge is 2.08. The molecule has 0 amide bonds. The Morgan fingerprint density at radius 2 is 1.94 bits per heavy atom. The molecule has 0 aliphatic carbocycles. The van der Waals surface area contributed by atoms with Gasteiger partial charge in [0, 0.05) is 10.6 Å². The Bertz CT molecular complexity index is 581. The molecule has 0 saturated heterocycles. The molecule has 2 aromatic carbocycles. The second-order valence-electron chi connectivity index (χ2n) is 3.63. The number of carbonyl (C=O) groups is 1. The summed E-state index contributed by atoms with van der Waals surface area (Å²) in [6, 6.07) is 11.7. The van der Waals surface area contributed by atoms with Crippen molar-refractivity contribution in [2.24, 2.45) is 0 Å². The molecule has 0 fully saturated rings. The van der Waals surface area contributed by atoms with Crippen LogP contribution in [-0.4, -0.2) is 18.9 Å². The van der Waals surface area contributed by atoms with Crippen LogP contribution in [0.1, 0.15) is 10.4 Å². The summed E-state index contributed by atoms with van der Waals surface area (Å²) >= 11 is 6.05. The number of aromatic carboxylic acids is 1. The van der Waals surface area contributed by atoms with Crippen molar-refractivity contribution >= 4 is 30.9 Å². The Balaban J connectivity index is 2.58. The van der Waals surface area contributed by atoms with E-state index in [-0.39, 0.29) is 5.56 Å². The Hall–Kier alpha value is -1.74. The van der Waals surface area contributed by atoms with E-state index in [2.05, 4.69) is 0 Å². The Kier molecular flexibility index (Phi) is 3.20. The van der Waals surface area contributed by atoms with Crippen LogP contribution in [0.2, 0.25) is 5.02 Å². The molecular formula is C13H8BClO2. The van der Waals surface area contributed by atoms with Gasteiger partial charge in [-0.3, -0.25) is 0 Å². The van der Waals surface area contributed by atoms with Gasteiger partial charge in [-0.05, 0) is 23.8 Å². The van der Waals surface area contributed by atoms with Gasteiger partial charge in [-0.25, -0.2) is 4.79 Å². The molecule has 0 aromatic heterocycles. The number of halogens is 1. The lowest BCUT2D eigenvalue weighted by Gasteiger charge is -2.07. The van der Waals surface area contributed by atoms with E-state index in [4.69, 9.17) is 24.6 Å². The van der Waals surface area contributed by atoms with E-state index < -0.39 is 5.97 Å².